The summed E-state index contributed by atoms with van der Waals surface area (Å²) in [6, 6.07) is 0. The van der Waals surface area contributed by atoms with E-state index in [0.717, 1.165) is 57.8 Å². The van der Waals surface area contributed by atoms with Crippen LogP contribution in [0.15, 0.2) is 0 Å². The van der Waals surface area contributed by atoms with Crippen molar-refractivity contribution in [2.24, 2.45) is 0 Å². The van der Waals surface area contributed by atoms with Crippen molar-refractivity contribution in [1.82, 2.24) is 0 Å². The zero-order chi connectivity index (χ0) is 17.1. The predicted octanol–water partition coefficient (Wildman–Crippen LogP) is 1.54. The van der Waals surface area contributed by atoms with Crippen LogP contribution in [0, 0.1) is 0 Å². The van der Waals surface area contributed by atoms with Crippen molar-refractivity contribution in [3.63, 3.8) is 0 Å². The van der Waals surface area contributed by atoms with Gasteiger partial charge in [0.15, 0.2) is 24.0 Å². The van der Waals surface area contributed by atoms with Crippen LogP contribution in [0.2, 0.25) is 0 Å². The normalized spacial score (nSPS) is 44.4. The van der Waals surface area contributed by atoms with Crippen LogP contribution in [0.25, 0.3) is 0 Å². The molecule has 7 nitrogen and oxygen atoms in total. The summed E-state index contributed by atoms with van der Waals surface area (Å²) >= 11 is 0. The van der Waals surface area contributed by atoms with E-state index in [2.05, 4.69) is 0 Å². The van der Waals surface area contributed by atoms with Gasteiger partial charge in [-0.25, -0.2) is 0 Å². The summed E-state index contributed by atoms with van der Waals surface area (Å²) < 4.78 is 30.0. The zero-order valence-electron chi connectivity index (χ0n) is 14.5. The van der Waals surface area contributed by atoms with Crippen molar-refractivity contribution in [3.05, 3.63) is 0 Å². The lowest BCUT2D eigenvalue weighted by Gasteiger charge is -2.37. The SMILES string of the molecule is OC1(O)[C@@H]2OC3(CCCCC3)O[C@H]2O[C@@H]1[C@H]1COC2(CCCCC2)O1. The zero-order valence-corrected chi connectivity index (χ0v) is 14.5. The van der Waals surface area contributed by atoms with Gasteiger partial charge in [-0.1, -0.05) is 12.8 Å². The maximum absolute atomic E-state index is 10.8. The monoisotopic (exact) mass is 356 g/mol. The Kier molecular flexibility index (Phi) is 3.95. The molecule has 0 aromatic heterocycles. The second kappa shape index (κ2) is 5.86. The van der Waals surface area contributed by atoms with Gasteiger partial charge in [-0.15, -0.1) is 0 Å². The first kappa shape index (κ1) is 16.9. The third-order valence-corrected chi connectivity index (χ3v) is 6.48. The van der Waals surface area contributed by atoms with E-state index in [1.54, 1.807) is 0 Å². The molecule has 25 heavy (non-hydrogen) atoms. The van der Waals surface area contributed by atoms with Gasteiger partial charge in [-0.3, -0.25) is 0 Å². The molecular formula is C18H28O7. The van der Waals surface area contributed by atoms with Crippen molar-refractivity contribution in [2.45, 2.75) is 106 Å². The largest absolute Gasteiger partial charge is 0.361 e. The maximum Gasteiger partial charge on any atom is 0.225 e. The van der Waals surface area contributed by atoms with Crippen LogP contribution in [0.5, 0.6) is 0 Å². The Labute approximate surface area is 147 Å². The van der Waals surface area contributed by atoms with Gasteiger partial charge in [0, 0.05) is 25.7 Å². The molecule has 0 bridgehead atoms. The van der Waals surface area contributed by atoms with E-state index in [1.165, 1.54) is 6.42 Å². The number of hydrogen-bond donors (Lipinski definition) is 2. The Balaban J connectivity index is 1.29. The van der Waals surface area contributed by atoms with E-state index in [-0.39, 0.29) is 0 Å². The summed E-state index contributed by atoms with van der Waals surface area (Å²) in [4.78, 5) is 0. The molecule has 3 saturated heterocycles. The van der Waals surface area contributed by atoms with Gasteiger partial charge in [0.05, 0.1) is 6.61 Å². The predicted molar refractivity (Wildman–Crippen MR) is 84.2 cm³/mol. The Hall–Kier alpha value is -0.280. The van der Waals surface area contributed by atoms with Gasteiger partial charge in [0.1, 0.15) is 12.2 Å². The Morgan fingerprint density at radius 3 is 1.96 bits per heavy atom. The highest BCUT2D eigenvalue weighted by atomic mass is 16.9. The highest BCUT2D eigenvalue weighted by molar-refractivity contribution is 5.04. The van der Waals surface area contributed by atoms with Crippen LogP contribution >= 0.6 is 0 Å². The summed E-state index contributed by atoms with van der Waals surface area (Å²) in [5.41, 5.74) is 0. The molecule has 3 heterocycles. The number of aliphatic hydroxyl groups is 2. The molecule has 7 heteroatoms. The van der Waals surface area contributed by atoms with Gasteiger partial charge >= 0.3 is 0 Å². The second-order valence-corrected chi connectivity index (χ2v) is 8.27. The van der Waals surface area contributed by atoms with Crippen molar-refractivity contribution in [2.75, 3.05) is 6.61 Å². The van der Waals surface area contributed by atoms with Gasteiger partial charge in [-0.05, 0) is 25.7 Å². The summed E-state index contributed by atoms with van der Waals surface area (Å²) in [5.74, 6) is -3.43. The van der Waals surface area contributed by atoms with E-state index in [0.29, 0.717) is 6.61 Å². The first-order valence-corrected chi connectivity index (χ1v) is 9.80. The van der Waals surface area contributed by atoms with Crippen LogP contribution in [-0.2, 0) is 23.7 Å². The standard InChI is InChI=1S/C18H28O7/c19-18(20)13(12-11-21-16(23-12)7-3-1-4-8-16)22-15-14(18)24-17(25-15)9-5-2-6-10-17/h12-15,19-20H,1-11H2/t12-,13-,14-,15-/m1/s1. The minimum atomic E-state index is -2.14. The highest BCUT2D eigenvalue weighted by Crippen LogP contribution is 2.50. The summed E-state index contributed by atoms with van der Waals surface area (Å²) in [6.07, 6.45) is 6.68. The molecule has 0 aromatic carbocycles. The van der Waals surface area contributed by atoms with Gasteiger partial charge in [0.25, 0.3) is 0 Å². The Bertz CT molecular complexity index is 510. The highest BCUT2D eigenvalue weighted by Gasteiger charge is 2.67. The van der Waals surface area contributed by atoms with E-state index in [1.807, 2.05) is 0 Å². The quantitative estimate of drug-likeness (QED) is 0.689. The molecule has 0 unspecified atom stereocenters. The Morgan fingerprint density at radius 1 is 0.680 bits per heavy atom. The maximum atomic E-state index is 10.8. The first-order chi connectivity index (χ1) is 12.0. The third-order valence-electron chi connectivity index (χ3n) is 6.48. The van der Waals surface area contributed by atoms with Crippen molar-refractivity contribution in [3.8, 4) is 0 Å². The molecule has 2 spiro atoms. The molecule has 3 aliphatic heterocycles. The van der Waals surface area contributed by atoms with E-state index in [4.69, 9.17) is 23.7 Å². The molecule has 0 amide bonds. The molecule has 5 aliphatic rings. The van der Waals surface area contributed by atoms with Crippen LogP contribution in [0.3, 0.4) is 0 Å². The number of rotatable bonds is 1. The fourth-order valence-electron chi connectivity index (χ4n) is 5.15. The lowest BCUT2D eigenvalue weighted by Crippen LogP contribution is -2.54. The lowest BCUT2D eigenvalue weighted by molar-refractivity contribution is -0.311. The molecule has 2 N–H and O–H groups in total. The van der Waals surface area contributed by atoms with E-state index >= 15 is 0 Å². The van der Waals surface area contributed by atoms with Crippen LogP contribution in [0.1, 0.15) is 64.2 Å². The average molecular weight is 356 g/mol. The Morgan fingerprint density at radius 2 is 1.32 bits per heavy atom. The fraction of sp³-hybridized carbons (Fsp3) is 1.00. The van der Waals surface area contributed by atoms with Crippen molar-refractivity contribution < 1.29 is 33.9 Å². The third kappa shape index (κ3) is 2.67. The minimum absolute atomic E-state index is 0.304. The summed E-state index contributed by atoms with van der Waals surface area (Å²) in [7, 11) is 0. The molecular weight excluding hydrogens is 328 g/mol. The smallest absolute Gasteiger partial charge is 0.225 e. The molecule has 0 radical (unpaired) electrons. The molecule has 4 atom stereocenters. The lowest BCUT2D eigenvalue weighted by atomic mass is 9.94. The molecule has 2 saturated carbocycles. The second-order valence-electron chi connectivity index (χ2n) is 8.27. The number of ether oxygens (including phenoxy) is 5. The summed E-state index contributed by atoms with van der Waals surface area (Å²) in [5, 5.41) is 21.6. The van der Waals surface area contributed by atoms with Crippen LogP contribution in [0.4, 0.5) is 0 Å². The minimum Gasteiger partial charge on any atom is -0.361 e. The van der Waals surface area contributed by atoms with Gasteiger partial charge in [-0.2, -0.15) is 0 Å². The topological polar surface area (TPSA) is 86.6 Å². The summed E-state index contributed by atoms with van der Waals surface area (Å²) in [6.45, 7) is 0.304. The van der Waals surface area contributed by atoms with Crippen molar-refractivity contribution >= 4 is 0 Å². The molecule has 2 aliphatic carbocycles. The van der Waals surface area contributed by atoms with Gasteiger partial charge < -0.3 is 33.9 Å². The van der Waals surface area contributed by atoms with Gasteiger partial charge in [0.2, 0.25) is 5.79 Å². The van der Waals surface area contributed by atoms with Crippen molar-refractivity contribution in [1.29, 1.82) is 0 Å². The van der Waals surface area contributed by atoms with E-state index < -0.39 is 42.0 Å². The van der Waals surface area contributed by atoms with E-state index in [9.17, 15) is 10.2 Å². The molecule has 142 valence electrons. The fourth-order valence-corrected chi connectivity index (χ4v) is 5.15. The number of hydrogen-bond acceptors (Lipinski definition) is 7. The molecule has 0 aromatic rings. The van der Waals surface area contributed by atoms with Crippen LogP contribution in [-0.4, -0.2) is 58.8 Å². The molecule has 5 rings (SSSR count). The first-order valence-electron chi connectivity index (χ1n) is 9.80. The average Bonchev–Trinajstić information content (AvgIpc) is 3.22. The molecule has 5 fully saturated rings. The van der Waals surface area contributed by atoms with Crippen LogP contribution < -0.4 is 0 Å². The number of fused-ring (bicyclic) bond motifs is 1.